The Labute approximate surface area is 166 Å². The van der Waals surface area contributed by atoms with Gasteiger partial charge in [0.05, 0.1) is 5.76 Å². The lowest BCUT2D eigenvalue weighted by Gasteiger charge is -2.42. The van der Waals surface area contributed by atoms with E-state index >= 15 is 0 Å². The standard InChI is InChI=1S/C26H36O/c1-5-6-7-8-20(2)27-25-18-17-24(19-26(25,3)4)23-15-13-22(14-16-23)12-11-21-9-10-21/h5-8,13-16,21,24-25H,1,9-12,17-19H2,2-4H3/b7-6-,20-8+. The first kappa shape index (κ1) is 20.0. The average molecular weight is 365 g/mol. The second-order valence-electron chi connectivity index (χ2n) is 9.20. The van der Waals surface area contributed by atoms with E-state index in [0.717, 1.165) is 18.1 Å². The molecule has 0 spiro atoms. The number of rotatable bonds is 8. The summed E-state index contributed by atoms with van der Waals surface area (Å²) in [5.74, 6) is 2.66. The first-order chi connectivity index (χ1) is 13.0. The fourth-order valence-electron chi connectivity index (χ4n) is 4.38. The number of allylic oxidation sites excluding steroid dienone is 5. The minimum Gasteiger partial charge on any atom is -0.495 e. The molecule has 0 N–H and O–H groups in total. The van der Waals surface area contributed by atoms with Crippen molar-refractivity contribution >= 4 is 0 Å². The highest BCUT2D eigenvalue weighted by Gasteiger charge is 2.38. The van der Waals surface area contributed by atoms with Crippen LogP contribution in [0, 0.1) is 11.3 Å². The Kier molecular flexibility index (Phi) is 6.63. The van der Waals surface area contributed by atoms with Gasteiger partial charge >= 0.3 is 0 Å². The van der Waals surface area contributed by atoms with Crippen molar-refractivity contribution in [1.29, 1.82) is 0 Å². The predicted molar refractivity (Wildman–Crippen MR) is 116 cm³/mol. The van der Waals surface area contributed by atoms with Gasteiger partial charge in [0.25, 0.3) is 0 Å². The molecule has 1 heteroatoms. The first-order valence-corrected chi connectivity index (χ1v) is 10.7. The third kappa shape index (κ3) is 5.86. The van der Waals surface area contributed by atoms with Crippen LogP contribution in [-0.2, 0) is 11.2 Å². The predicted octanol–water partition coefficient (Wildman–Crippen LogP) is 7.35. The minimum absolute atomic E-state index is 0.185. The van der Waals surface area contributed by atoms with E-state index in [1.165, 1.54) is 49.7 Å². The molecule has 0 aliphatic heterocycles. The highest BCUT2D eigenvalue weighted by Crippen LogP contribution is 2.45. The van der Waals surface area contributed by atoms with Gasteiger partial charge in [0, 0.05) is 5.41 Å². The van der Waals surface area contributed by atoms with Gasteiger partial charge in [-0.3, -0.25) is 0 Å². The van der Waals surface area contributed by atoms with Crippen molar-refractivity contribution in [3.63, 3.8) is 0 Å². The van der Waals surface area contributed by atoms with Gasteiger partial charge in [0.15, 0.2) is 0 Å². The Morgan fingerprint density at radius 1 is 1.11 bits per heavy atom. The highest BCUT2D eigenvalue weighted by atomic mass is 16.5. The lowest BCUT2D eigenvalue weighted by atomic mass is 9.68. The maximum Gasteiger partial charge on any atom is 0.103 e. The number of ether oxygens (including phenoxy) is 1. The van der Waals surface area contributed by atoms with Crippen LogP contribution in [0.5, 0.6) is 0 Å². The van der Waals surface area contributed by atoms with Gasteiger partial charge in [0.1, 0.15) is 6.10 Å². The zero-order valence-electron chi connectivity index (χ0n) is 17.4. The third-order valence-electron chi connectivity index (χ3n) is 6.32. The van der Waals surface area contributed by atoms with E-state index in [2.05, 4.69) is 51.6 Å². The van der Waals surface area contributed by atoms with Crippen molar-refractivity contribution < 1.29 is 4.74 Å². The normalized spacial score (nSPS) is 25.5. The molecule has 3 rings (SSSR count). The van der Waals surface area contributed by atoms with Gasteiger partial charge in [-0.2, -0.15) is 0 Å². The van der Waals surface area contributed by atoms with E-state index in [-0.39, 0.29) is 5.41 Å². The topological polar surface area (TPSA) is 9.23 Å². The summed E-state index contributed by atoms with van der Waals surface area (Å²) in [6, 6.07) is 9.50. The summed E-state index contributed by atoms with van der Waals surface area (Å²) in [7, 11) is 0. The van der Waals surface area contributed by atoms with Crippen molar-refractivity contribution in [2.45, 2.75) is 77.7 Å². The monoisotopic (exact) mass is 364 g/mol. The van der Waals surface area contributed by atoms with Crippen molar-refractivity contribution in [3.8, 4) is 0 Å². The van der Waals surface area contributed by atoms with E-state index in [0.29, 0.717) is 12.0 Å². The zero-order valence-corrected chi connectivity index (χ0v) is 17.4. The molecule has 2 atom stereocenters. The summed E-state index contributed by atoms with van der Waals surface area (Å²) in [5, 5.41) is 0. The van der Waals surface area contributed by atoms with Gasteiger partial charge in [-0.25, -0.2) is 0 Å². The summed E-state index contributed by atoms with van der Waals surface area (Å²) < 4.78 is 6.29. The molecule has 1 aromatic carbocycles. The van der Waals surface area contributed by atoms with E-state index < -0.39 is 0 Å². The van der Waals surface area contributed by atoms with Crippen LogP contribution in [0.2, 0.25) is 0 Å². The Hall–Kier alpha value is -1.76. The highest BCUT2D eigenvalue weighted by molar-refractivity contribution is 5.26. The summed E-state index contributed by atoms with van der Waals surface area (Å²) in [6.07, 6.45) is 17.1. The van der Waals surface area contributed by atoms with E-state index in [1.807, 2.05) is 18.2 Å². The lowest BCUT2D eigenvalue weighted by Crippen LogP contribution is -2.37. The smallest absolute Gasteiger partial charge is 0.103 e. The Balaban J connectivity index is 1.56. The molecular weight excluding hydrogens is 328 g/mol. The fraction of sp³-hybridized carbons (Fsp3) is 0.538. The molecule has 2 aliphatic rings. The fourth-order valence-corrected chi connectivity index (χ4v) is 4.38. The van der Waals surface area contributed by atoms with E-state index in [1.54, 1.807) is 6.08 Å². The molecule has 27 heavy (non-hydrogen) atoms. The molecule has 0 amide bonds. The second kappa shape index (κ2) is 8.95. The molecule has 1 aromatic rings. The molecule has 2 aliphatic carbocycles. The minimum atomic E-state index is 0.185. The van der Waals surface area contributed by atoms with Gasteiger partial charge in [0.2, 0.25) is 0 Å². The summed E-state index contributed by atoms with van der Waals surface area (Å²) in [5.41, 5.74) is 3.21. The molecule has 1 nitrogen and oxygen atoms in total. The van der Waals surface area contributed by atoms with E-state index in [9.17, 15) is 0 Å². The third-order valence-corrected chi connectivity index (χ3v) is 6.32. The molecule has 146 valence electrons. The van der Waals surface area contributed by atoms with Gasteiger partial charge < -0.3 is 4.74 Å². The van der Waals surface area contributed by atoms with Gasteiger partial charge in [-0.1, -0.05) is 75.8 Å². The van der Waals surface area contributed by atoms with Crippen LogP contribution in [0.15, 0.2) is 60.9 Å². The first-order valence-electron chi connectivity index (χ1n) is 10.7. The summed E-state index contributed by atoms with van der Waals surface area (Å²) in [6.45, 7) is 10.5. The summed E-state index contributed by atoms with van der Waals surface area (Å²) in [4.78, 5) is 0. The van der Waals surface area contributed by atoms with Gasteiger partial charge in [-0.05, 0) is 68.1 Å². The lowest BCUT2D eigenvalue weighted by molar-refractivity contribution is -0.0196. The van der Waals surface area contributed by atoms with Crippen LogP contribution in [0.1, 0.15) is 76.3 Å². The maximum absolute atomic E-state index is 6.29. The van der Waals surface area contributed by atoms with Crippen LogP contribution in [-0.4, -0.2) is 6.10 Å². The number of hydrogen-bond donors (Lipinski definition) is 0. The summed E-state index contributed by atoms with van der Waals surface area (Å²) >= 11 is 0. The molecule has 2 saturated carbocycles. The quantitative estimate of drug-likeness (QED) is 0.346. The number of aryl methyl sites for hydroxylation is 1. The Morgan fingerprint density at radius 2 is 1.85 bits per heavy atom. The molecule has 0 aromatic heterocycles. The second-order valence-corrected chi connectivity index (χ2v) is 9.20. The van der Waals surface area contributed by atoms with Crippen LogP contribution >= 0.6 is 0 Å². The molecule has 0 bridgehead atoms. The number of hydrogen-bond acceptors (Lipinski definition) is 1. The molecule has 0 heterocycles. The average Bonchev–Trinajstić information content (AvgIpc) is 3.46. The maximum atomic E-state index is 6.29. The number of benzene rings is 1. The molecule has 0 saturated heterocycles. The van der Waals surface area contributed by atoms with Crippen molar-refractivity contribution in [2.75, 3.05) is 0 Å². The SMILES string of the molecule is C=C/C=C\C=C(/C)OC1CCC(c2ccc(CCC3CC3)cc2)CC1(C)C. The van der Waals surface area contributed by atoms with Crippen LogP contribution < -0.4 is 0 Å². The van der Waals surface area contributed by atoms with Crippen molar-refractivity contribution in [2.24, 2.45) is 11.3 Å². The molecule has 2 unspecified atom stereocenters. The molecule has 0 radical (unpaired) electrons. The van der Waals surface area contributed by atoms with Crippen molar-refractivity contribution in [1.82, 2.24) is 0 Å². The van der Waals surface area contributed by atoms with Crippen LogP contribution in [0.25, 0.3) is 0 Å². The largest absolute Gasteiger partial charge is 0.495 e. The van der Waals surface area contributed by atoms with E-state index in [4.69, 9.17) is 4.74 Å². The zero-order chi connectivity index (χ0) is 19.3. The molecular formula is C26H36O. The Bertz CT molecular complexity index is 673. The molecule has 2 fully saturated rings. The van der Waals surface area contributed by atoms with Crippen LogP contribution in [0.4, 0.5) is 0 Å². The van der Waals surface area contributed by atoms with Crippen molar-refractivity contribution in [3.05, 3.63) is 72.0 Å². The Morgan fingerprint density at radius 3 is 2.48 bits per heavy atom. The van der Waals surface area contributed by atoms with Crippen LogP contribution in [0.3, 0.4) is 0 Å². The van der Waals surface area contributed by atoms with Gasteiger partial charge in [-0.15, -0.1) is 0 Å².